The van der Waals surface area contributed by atoms with Gasteiger partial charge in [0, 0.05) is 0 Å². The van der Waals surface area contributed by atoms with Crippen LogP contribution in [0.15, 0.2) is 60.7 Å². The first kappa shape index (κ1) is 20.5. The fraction of sp³-hybridized carbons (Fsp3) is 0.364. The Hall–Kier alpha value is -2.78. The highest BCUT2D eigenvalue weighted by atomic mass is 16.6. The molecule has 2 aliphatic rings. The minimum Gasteiger partial charge on any atom is -0.459 e. The molecule has 30 heavy (non-hydrogen) atoms. The number of aliphatic hydroxyl groups is 2. The van der Waals surface area contributed by atoms with Gasteiger partial charge in [-0.1, -0.05) is 36.4 Å². The van der Waals surface area contributed by atoms with Gasteiger partial charge in [0.2, 0.25) is 0 Å². The van der Waals surface area contributed by atoms with Crippen LogP contribution in [0.5, 0.6) is 0 Å². The second-order valence-corrected chi connectivity index (χ2v) is 7.44. The van der Waals surface area contributed by atoms with E-state index in [1.807, 2.05) is 0 Å². The lowest BCUT2D eigenvalue weighted by Crippen LogP contribution is -2.60. The first-order valence-corrected chi connectivity index (χ1v) is 9.55. The molecule has 0 spiro atoms. The molecule has 8 nitrogen and oxygen atoms in total. The van der Waals surface area contributed by atoms with Gasteiger partial charge in [0.05, 0.1) is 24.3 Å². The Balaban J connectivity index is 1.36. The van der Waals surface area contributed by atoms with E-state index in [1.54, 1.807) is 60.7 Å². The molecular formula is C22H22O8. The predicted octanol–water partition coefficient (Wildman–Crippen LogP) is 0.960. The summed E-state index contributed by atoms with van der Waals surface area (Å²) < 4.78 is 21.6. The van der Waals surface area contributed by atoms with Crippen LogP contribution in [0.2, 0.25) is 0 Å². The molecule has 2 fully saturated rings. The van der Waals surface area contributed by atoms with Crippen molar-refractivity contribution in [3.8, 4) is 0 Å². The molecule has 2 saturated heterocycles. The van der Waals surface area contributed by atoms with Crippen LogP contribution in [0.3, 0.4) is 0 Å². The summed E-state index contributed by atoms with van der Waals surface area (Å²) in [6, 6.07) is 16.8. The summed E-state index contributed by atoms with van der Waals surface area (Å²) in [5.74, 6) is -1.15. The zero-order valence-electron chi connectivity index (χ0n) is 16.1. The van der Waals surface area contributed by atoms with Gasteiger partial charge in [-0.05, 0) is 24.3 Å². The minimum atomic E-state index is -1.85. The molecule has 0 saturated carbocycles. The molecule has 2 N–H and O–H groups in total. The molecule has 0 amide bonds. The zero-order chi connectivity index (χ0) is 21.2. The van der Waals surface area contributed by atoms with E-state index in [0.29, 0.717) is 11.1 Å². The lowest BCUT2D eigenvalue weighted by atomic mass is 9.82. The molecule has 158 valence electrons. The first-order valence-electron chi connectivity index (χ1n) is 9.55. The lowest BCUT2D eigenvalue weighted by molar-refractivity contribution is -0.150. The number of rotatable bonds is 6. The fourth-order valence-corrected chi connectivity index (χ4v) is 3.67. The van der Waals surface area contributed by atoms with E-state index in [9.17, 15) is 19.8 Å². The van der Waals surface area contributed by atoms with Crippen LogP contribution in [0.25, 0.3) is 0 Å². The van der Waals surface area contributed by atoms with Crippen LogP contribution in [-0.2, 0) is 18.9 Å². The number of ether oxygens (including phenoxy) is 4. The quantitative estimate of drug-likeness (QED) is 0.673. The van der Waals surface area contributed by atoms with Crippen molar-refractivity contribution in [1.29, 1.82) is 0 Å². The van der Waals surface area contributed by atoms with Crippen molar-refractivity contribution in [3.63, 3.8) is 0 Å². The highest BCUT2D eigenvalue weighted by molar-refractivity contribution is 5.89. The van der Waals surface area contributed by atoms with Gasteiger partial charge < -0.3 is 29.2 Å². The molecule has 0 bridgehead atoms. The maximum absolute atomic E-state index is 12.2. The van der Waals surface area contributed by atoms with Gasteiger partial charge in [-0.3, -0.25) is 0 Å². The first-order chi connectivity index (χ1) is 14.4. The number of carbonyl (C=O) groups is 2. The second-order valence-electron chi connectivity index (χ2n) is 7.44. The molecule has 0 aliphatic carbocycles. The van der Waals surface area contributed by atoms with Gasteiger partial charge in [-0.2, -0.15) is 0 Å². The third kappa shape index (κ3) is 3.70. The predicted molar refractivity (Wildman–Crippen MR) is 103 cm³/mol. The molecule has 2 aliphatic heterocycles. The maximum Gasteiger partial charge on any atom is 0.338 e. The third-order valence-corrected chi connectivity index (χ3v) is 5.47. The Kier molecular flexibility index (Phi) is 5.57. The number of carbonyl (C=O) groups excluding carboxylic acids is 2. The van der Waals surface area contributed by atoms with E-state index in [4.69, 9.17) is 18.9 Å². The standard InChI is InChI=1S/C22H22O8/c23-19(15-7-3-1-4-8-15)27-11-17-18-22(26,14-28-17)21(25,12-29-18)13-30-20(24)16-9-5-2-6-10-16/h1-10,17-18,25-26H,11-14H2/t17-,18-,21+,22+/m1/s1. The van der Waals surface area contributed by atoms with Crippen molar-refractivity contribution >= 4 is 11.9 Å². The van der Waals surface area contributed by atoms with Gasteiger partial charge in [-0.25, -0.2) is 9.59 Å². The summed E-state index contributed by atoms with van der Waals surface area (Å²) >= 11 is 0. The number of fused-ring (bicyclic) bond motifs is 1. The molecule has 2 aromatic carbocycles. The van der Waals surface area contributed by atoms with Gasteiger partial charge >= 0.3 is 11.9 Å². The smallest absolute Gasteiger partial charge is 0.338 e. The third-order valence-electron chi connectivity index (χ3n) is 5.47. The van der Waals surface area contributed by atoms with E-state index < -0.39 is 42.0 Å². The molecule has 0 radical (unpaired) electrons. The Morgan fingerprint density at radius 1 is 0.867 bits per heavy atom. The molecule has 4 atom stereocenters. The zero-order valence-corrected chi connectivity index (χ0v) is 16.1. The van der Waals surface area contributed by atoms with E-state index in [0.717, 1.165) is 0 Å². The molecule has 0 aromatic heterocycles. The van der Waals surface area contributed by atoms with Crippen LogP contribution in [0.1, 0.15) is 20.7 Å². The van der Waals surface area contributed by atoms with Gasteiger partial charge in [0.1, 0.15) is 25.4 Å². The average Bonchev–Trinajstić information content (AvgIpc) is 3.25. The molecular weight excluding hydrogens is 392 g/mol. The number of hydrogen-bond acceptors (Lipinski definition) is 8. The largest absolute Gasteiger partial charge is 0.459 e. The van der Waals surface area contributed by atoms with E-state index >= 15 is 0 Å². The lowest BCUT2D eigenvalue weighted by Gasteiger charge is -2.34. The number of hydrogen-bond donors (Lipinski definition) is 2. The SMILES string of the molecule is O=C(OC[C@H]1OC[C@]2(O)[C@@H]1OC[C@]2(O)COC(=O)c1ccccc1)c1ccccc1. The molecule has 2 aromatic rings. The average molecular weight is 414 g/mol. The summed E-state index contributed by atoms with van der Waals surface area (Å²) in [6.07, 6.45) is -1.69. The van der Waals surface area contributed by atoms with Gasteiger partial charge in [-0.15, -0.1) is 0 Å². The summed E-state index contributed by atoms with van der Waals surface area (Å²) in [5, 5.41) is 22.0. The van der Waals surface area contributed by atoms with Crippen LogP contribution in [0.4, 0.5) is 0 Å². The van der Waals surface area contributed by atoms with Crippen LogP contribution < -0.4 is 0 Å². The number of esters is 2. The van der Waals surface area contributed by atoms with Crippen molar-refractivity contribution in [2.45, 2.75) is 23.4 Å². The Morgan fingerprint density at radius 3 is 2.03 bits per heavy atom. The van der Waals surface area contributed by atoms with Crippen molar-refractivity contribution in [1.82, 2.24) is 0 Å². The van der Waals surface area contributed by atoms with Crippen LogP contribution in [0, 0.1) is 0 Å². The summed E-state index contributed by atoms with van der Waals surface area (Å²) in [6.45, 7) is -1.11. The van der Waals surface area contributed by atoms with E-state index in [1.165, 1.54) is 0 Å². The van der Waals surface area contributed by atoms with Crippen molar-refractivity contribution in [2.75, 3.05) is 26.4 Å². The second kappa shape index (κ2) is 8.16. The van der Waals surface area contributed by atoms with E-state index in [-0.39, 0.29) is 19.8 Å². The Morgan fingerprint density at radius 2 is 1.43 bits per heavy atom. The summed E-state index contributed by atoms with van der Waals surface area (Å²) in [4.78, 5) is 24.3. The summed E-state index contributed by atoms with van der Waals surface area (Å²) in [5.41, 5.74) is -2.92. The van der Waals surface area contributed by atoms with Gasteiger partial charge in [0.15, 0.2) is 11.2 Å². The normalized spacial score (nSPS) is 29.9. The van der Waals surface area contributed by atoms with Crippen molar-refractivity contribution in [3.05, 3.63) is 71.8 Å². The van der Waals surface area contributed by atoms with Crippen LogP contribution >= 0.6 is 0 Å². The molecule has 8 heteroatoms. The fourth-order valence-electron chi connectivity index (χ4n) is 3.67. The number of benzene rings is 2. The monoisotopic (exact) mass is 414 g/mol. The van der Waals surface area contributed by atoms with Crippen LogP contribution in [-0.4, -0.2) is 72.0 Å². The maximum atomic E-state index is 12.2. The van der Waals surface area contributed by atoms with Gasteiger partial charge in [0.25, 0.3) is 0 Å². The van der Waals surface area contributed by atoms with Crippen molar-refractivity contribution in [2.24, 2.45) is 0 Å². The summed E-state index contributed by atoms with van der Waals surface area (Å²) in [7, 11) is 0. The molecule has 0 unspecified atom stereocenters. The molecule has 2 heterocycles. The highest BCUT2D eigenvalue weighted by Gasteiger charge is 2.67. The molecule has 4 rings (SSSR count). The Bertz CT molecular complexity index is 902. The van der Waals surface area contributed by atoms with E-state index in [2.05, 4.69) is 0 Å². The van der Waals surface area contributed by atoms with Crippen molar-refractivity contribution < 1.29 is 38.7 Å². The topological polar surface area (TPSA) is 112 Å². The Labute approximate surface area is 172 Å². The highest BCUT2D eigenvalue weighted by Crippen LogP contribution is 2.42. The minimum absolute atomic E-state index is 0.152.